The Bertz CT molecular complexity index is 267. The molecule has 0 aromatic rings. The molecule has 1 aliphatic heterocycles. The molecular weight excluding hydrogens is 210 g/mol. The van der Waals surface area contributed by atoms with E-state index in [4.69, 9.17) is 0 Å². The van der Waals surface area contributed by atoms with Gasteiger partial charge in [0.25, 0.3) is 0 Å². The van der Waals surface area contributed by atoms with Gasteiger partial charge in [-0.3, -0.25) is 9.79 Å². The quantitative estimate of drug-likeness (QED) is 0.783. The first-order chi connectivity index (χ1) is 7.04. The van der Waals surface area contributed by atoms with Gasteiger partial charge in [-0.1, -0.05) is 18.7 Å². The van der Waals surface area contributed by atoms with E-state index in [0.717, 1.165) is 18.3 Å². The van der Waals surface area contributed by atoms with E-state index in [1.54, 1.807) is 16.7 Å². The van der Waals surface area contributed by atoms with Gasteiger partial charge >= 0.3 is 0 Å². The number of thioether (sulfide) groups is 1. The number of carbonyl (C=O) groups is 1. The molecule has 15 heavy (non-hydrogen) atoms. The van der Waals surface area contributed by atoms with Gasteiger partial charge in [-0.25, -0.2) is 0 Å². The molecule has 0 saturated carbocycles. The summed E-state index contributed by atoms with van der Waals surface area (Å²) in [5.41, 5.74) is 0. The molecule has 1 heterocycles. The molecule has 0 spiro atoms. The lowest BCUT2D eigenvalue weighted by Gasteiger charge is -2.21. The number of amidine groups is 1. The number of nitrogens with one attached hydrogen (secondary N) is 1. The number of carbonyl (C=O) groups excluding carboxylic acids is 1. The van der Waals surface area contributed by atoms with Crippen molar-refractivity contribution in [3.8, 4) is 0 Å². The van der Waals surface area contributed by atoms with Gasteiger partial charge in [0.05, 0.1) is 6.54 Å². The van der Waals surface area contributed by atoms with Crippen LogP contribution in [-0.4, -0.2) is 47.4 Å². The molecule has 0 radical (unpaired) electrons. The van der Waals surface area contributed by atoms with Gasteiger partial charge in [0.15, 0.2) is 5.17 Å². The van der Waals surface area contributed by atoms with Gasteiger partial charge in [-0.15, -0.1) is 0 Å². The predicted octanol–water partition coefficient (Wildman–Crippen LogP) is 0.934. The second-order valence-electron chi connectivity index (χ2n) is 3.79. The molecule has 1 aliphatic rings. The average Bonchev–Trinajstić information content (AvgIpc) is 2.61. The normalized spacial score (nSPS) is 22.1. The van der Waals surface area contributed by atoms with Crippen LogP contribution in [0.3, 0.4) is 0 Å². The zero-order chi connectivity index (χ0) is 11.4. The highest BCUT2D eigenvalue weighted by molar-refractivity contribution is 8.14. The maximum absolute atomic E-state index is 11.7. The molecule has 0 aliphatic carbocycles. The highest BCUT2D eigenvalue weighted by atomic mass is 32.2. The summed E-state index contributed by atoms with van der Waals surface area (Å²) >= 11 is 1.70. The van der Waals surface area contributed by atoms with Crippen LogP contribution in [-0.2, 0) is 4.79 Å². The van der Waals surface area contributed by atoms with Crippen molar-refractivity contribution in [2.24, 2.45) is 4.99 Å². The molecule has 1 amide bonds. The maximum Gasteiger partial charge on any atom is 0.244 e. The standard InChI is InChI=1S/C10H19N3OS/c1-5-13(4)9(14)8(3)12-10-11-6-7(2)15-10/h7-8H,5-6H2,1-4H3,(H,11,12). The molecule has 2 atom stereocenters. The first kappa shape index (κ1) is 12.4. The predicted molar refractivity (Wildman–Crippen MR) is 65.3 cm³/mol. The number of rotatable bonds is 3. The average molecular weight is 229 g/mol. The Morgan fingerprint density at radius 1 is 1.80 bits per heavy atom. The van der Waals surface area contributed by atoms with Gasteiger partial charge in [0.1, 0.15) is 6.04 Å². The first-order valence-corrected chi connectivity index (χ1v) is 6.15. The fourth-order valence-electron chi connectivity index (χ4n) is 1.29. The molecule has 1 N–H and O–H groups in total. The lowest BCUT2D eigenvalue weighted by molar-refractivity contribution is -0.131. The minimum absolute atomic E-state index is 0.111. The molecule has 86 valence electrons. The van der Waals surface area contributed by atoms with E-state index in [0.29, 0.717) is 5.25 Å². The van der Waals surface area contributed by atoms with Crippen molar-refractivity contribution in [1.82, 2.24) is 10.2 Å². The van der Waals surface area contributed by atoms with E-state index in [1.165, 1.54) is 0 Å². The van der Waals surface area contributed by atoms with Crippen LogP contribution < -0.4 is 5.32 Å². The summed E-state index contributed by atoms with van der Waals surface area (Å²) in [6.45, 7) is 7.56. The van der Waals surface area contributed by atoms with Gasteiger partial charge in [0, 0.05) is 18.8 Å². The summed E-state index contributed by atoms with van der Waals surface area (Å²) in [7, 11) is 1.81. The number of hydrogen-bond acceptors (Lipinski definition) is 4. The topological polar surface area (TPSA) is 44.7 Å². The van der Waals surface area contributed by atoms with Crippen LogP contribution >= 0.6 is 11.8 Å². The second-order valence-corrected chi connectivity index (χ2v) is 5.22. The van der Waals surface area contributed by atoms with Crippen LogP contribution in [0.1, 0.15) is 20.8 Å². The van der Waals surface area contributed by atoms with Gasteiger partial charge < -0.3 is 10.2 Å². The van der Waals surface area contributed by atoms with Crippen molar-refractivity contribution >= 4 is 22.8 Å². The van der Waals surface area contributed by atoms with E-state index in [9.17, 15) is 4.79 Å². The Labute approximate surface area is 95.5 Å². The van der Waals surface area contributed by atoms with Crippen molar-refractivity contribution in [2.45, 2.75) is 32.1 Å². The lowest BCUT2D eigenvalue weighted by atomic mass is 10.3. The fraction of sp³-hybridized carbons (Fsp3) is 0.800. The summed E-state index contributed by atoms with van der Waals surface area (Å²) < 4.78 is 0. The Morgan fingerprint density at radius 3 is 2.93 bits per heavy atom. The Kier molecular flexibility index (Phi) is 4.45. The number of nitrogens with zero attached hydrogens (tertiary/aromatic N) is 2. The van der Waals surface area contributed by atoms with E-state index >= 15 is 0 Å². The number of likely N-dealkylation sites (N-methyl/N-ethyl adjacent to an activating group) is 1. The summed E-state index contributed by atoms with van der Waals surface area (Å²) in [6, 6.07) is -0.188. The van der Waals surface area contributed by atoms with Gasteiger partial charge in [0.2, 0.25) is 5.91 Å². The Hall–Kier alpha value is -0.710. The van der Waals surface area contributed by atoms with Crippen LogP contribution in [0.2, 0.25) is 0 Å². The van der Waals surface area contributed by atoms with E-state index < -0.39 is 0 Å². The summed E-state index contributed by atoms with van der Waals surface area (Å²) in [5.74, 6) is 0.111. The molecule has 0 saturated heterocycles. The number of aliphatic imine (C=N–C) groups is 1. The first-order valence-electron chi connectivity index (χ1n) is 5.27. The molecule has 0 fully saturated rings. The maximum atomic E-state index is 11.7. The summed E-state index contributed by atoms with van der Waals surface area (Å²) in [5, 5.41) is 4.57. The lowest BCUT2D eigenvalue weighted by Crippen LogP contribution is -2.44. The molecule has 0 bridgehead atoms. The molecular formula is C10H19N3OS. The molecule has 2 unspecified atom stereocenters. The van der Waals surface area contributed by atoms with Crippen molar-refractivity contribution in [1.29, 1.82) is 0 Å². The van der Waals surface area contributed by atoms with Crippen molar-refractivity contribution in [3.05, 3.63) is 0 Å². The third-order valence-corrected chi connectivity index (χ3v) is 3.39. The second kappa shape index (κ2) is 5.39. The zero-order valence-electron chi connectivity index (χ0n) is 9.78. The third-order valence-electron chi connectivity index (χ3n) is 2.37. The van der Waals surface area contributed by atoms with E-state index in [1.807, 2.05) is 20.9 Å². The largest absolute Gasteiger partial charge is 0.353 e. The molecule has 0 aromatic carbocycles. The van der Waals surface area contributed by atoms with Crippen LogP contribution in [0, 0.1) is 0 Å². The van der Waals surface area contributed by atoms with Crippen molar-refractivity contribution < 1.29 is 4.79 Å². The molecule has 4 nitrogen and oxygen atoms in total. The minimum atomic E-state index is -0.188. The fourth-order valence-corrected chi connectivity index (χ4v) is 2.21. The summed E-state index contributed by atoms with van der Waals surface area (Å²) in [6.07, 6.45) is 0. The van der Waals surface area contributed by atoms with Gasteiger partial charge in [-0.2, -0.15) is 0 Å². The number of amides is 1. The van der Waals surface area contributed by atoms with Crippen LogP contribution in [0.25, 0.3) is 0 Å². The monoisotopic (exact) mass is 229 g/mol. The highest BCUT2D eigenvalue weighted by Gasteiger charge is 2.21. The molecule has 0 aromatic heterocycles. The van der Waals surface area contributed by atoms with Crippen LogP contribution in [0.4, 0.5) is 0 Å². The SMILES string of the molecule is CCN(C)C(=O)C(C)NC1=NCC(C)S1. The Balaban J connectivity index is 2.42. The Morgan fingerprint density at radius 2 is 2.47 bits per heavy atom. The van der Waals surface area contributed by atoms with E-state index in [-0.39, 0.29) is 11.9 Å². The van der Waals surface area contributed by atoms with Crippen LogP contribution in [0.5, 0.6) is 0 Å². The van der Waals surface area contributed by atoms with Gasteiger partial charge in [-0.05, 0) is 13.8 Å². The number of hydrogen-bond donors (Lipinski definition) is 1. The van der Waals surface area contributed by atoms with Crippen molar-refractivity contribution in [3.63, 3.8) is 0 Å². The van der Waals surface area contributed by atoms with Crippen LogP contribution in [0.15, 0.2) is 4.99 Å². The third kappa shape index (κ3) is 3.41. The minimum Gasteiger partial charge on any atom is -0.353 e. The van der Waals surface area contributed by atoms with E-state index in [2.05, 4.69) is 17.2 Å². The smallest absolute Gasteiger partial charge is 0.244 e. The van der Waals surface area contributed by atoms with Crippen molar-refractivity contribution in [2.75, 3.05) is 20.1 Å². The molecule has 1 rings (SSSR count). The molecule has 5 heteroatoms. The zero-order valence-corrected chi connectivity index (χ0v) is 10.6. The highest BCUT2D eigenvalue weighted by Crippen LogP contribution is 2.18. The summed E-state index contributed by atoms with van der Waals surface area (Å²) in [4.78, 5) is 17.8.